The van der Waals surface area contributed by atoms with Crippen LogP contribution in [0.3, 0.4) is 0 Å². The average Bonchev–Trinajstić information content (AvgIpc) is 3.21. The Balaban J connectivity index is 1.89. The molecule has 3 rings (SSSR count). The molecule has 0 spiro atoms. The largest absolute Gasteiger partial charge is 0.464 e. The van der Waals surface area contributed by atoms with Crippen molar-refractivity contribution in [3.8, 4) is 5.69 Å². The van der Waals surface area contributed by atoms with E-state index in [1.54, 1.807) is 6.20 Å². The number of rotatable bonds is 5. The third-order valence-electron chi connectivity index (χ3n) is 3.69. The number of aromatic nitrogens is 2. The van der Waals surface area contributed by atoms with Gasteiger partial charge in [0.1, 0.15) is 17.2 Å². The van der Waals surface area contributed by atoms with Crippen LogP contribution in [0.15, 0.2) is 58.2 Å². The fourth-order valence-corrected chi connectivity index (χ4v) is 3.04. The van der Waals surface area contributed by atoms with Gasteiger partial charge in [0.25, 0.3) is 5.91 Å². The monoisotopic (exact) mass is 341 g/mol. The van der Waals surface area contributed by atoms with Crippen LogP contribution in [-0.2, 0) is 0 Å². The summed E-state index contributed by atoms with van der Waals surface area (Å²) >= 11 is 1.50. The molecular weight excluding hydrogens is 322 g/mol. The van der Waals surface area contributed by atoms with Gasteiger partial charge in [-0.15, -0.1) is 0 Å². The molecule has 1 atom stereocenters. The molecule has 0 aliphatic rings. The SMILES string of the molecule is CSc1ncc(C(=O)NC(C)c2ccc(C)o2)n1-c1ccccc1. The van der Waals surface area contributed by atoms with Gasteiger partial charge in [-0.05, 0) is 44.4 Å². The number of para-hydroxylation sites is 1. The number of carbonyl (C=O) groups excluding carboxylic acids is 1. The molecule has 24 heavy (non-hydrogen) atoms. The van der Waals surface area contributed by atoms with E-state index in [-0.39, 0.29) is 11.9 Å². The van der Waals surface area contributed by atoms with Crippen molar-refractivity contribution >= 4 is 17.7 Å². The summed E-state index contributed by atoms with van der Waals surface area (Å²) in [5, 5.41) is 3.74. The van der Waals surface area contributed by atoms with Crippen molar-refractivity contribution in [2.45, 2.75) is 25.0 Å². The van der Waals surface area contributed by atoms with Gasteiger partial charge in [-0.3, -0.25) is 9.36 Å². The Hall–Kier alpha value is -2.47. The molecule has 0 aliphatic heterocycles. The summed E-state index contributed by atoms with van der Waals surface area (Å²) in [7, 11) is 0. The normalized spacial score (nSPS) is 12.1. The van der Waals surface area contributed by atoms with E-state index in [0.29, 0.717) is 5.69 Å². The van der Waals surface area contributed by atoms with Crippen molar-refractivity contribution in [1.29, 1.82) is 0 Å². The molecule has 124 valence electrons. The second-order valence-electron chi connectivity index (χ2n) is 5.44. The van der Waals surface area contributed by atoms with Crippen molar-refractivity contribution in [1.82, 2.24) is 14.9 Å². The Morgan fingerprint density at radius 3 is 2.62 bits per heavy atom. The number of aryl methyl sites for hydroxylation is 1. The predicted molar refractivity (Wildman–Crippen MR) is 94.7 cm³/mol. The van der Waals surface area contributed by atoms with Gasteiger partial charge in [-0.2, -0.15) is 0 Å². The van der Waals surface area contributed by atoms with Gasteiger partial charge in [0.05, 0.1) is 12.2 Å². The fourth-order valence-electron chi connectivity index (χ4n) is 2.49. The molecule has 0 saturated carbocycles. The Kier molecular flexibility index (Phi) is 4.76. The molecule has 1 aromatic carbocycles. The van der Waals surface area contributed by atoms with Crippen LogP contribution in [-0.4, -0.2) is 21.7 Å². The standard InChI is InChI=1S/C18H19N3O2S/c1-12-9-10-16(23-12)13(2)20-17(22)15-11-19-18(24-3)21(15)14-7-5-4-6-8-14/h4-11,13H,1-3H3,(H,20,22). The zero-order valence-corrected chi connectivity index (χ0v) is 14.6. The zero-order chi connectivity index (χ0) is 17.1. The van der Waals surface area contributed by atoms with Crippen molar-refractivity contribution < 1.29 is 9.21 Å². The Morgan fingerprint density at radius 1 is 1.25 bits per heavy atom. The maximum absolute atomic E-state index is 12.7. The second kappa shape index (κ2) is 6.97. The lowest BCUT2D eigenvalue weighted by Gasteiger charge is -2.14. The van der Waals surface area contributed by atoms with E-state index in [0.717, 1.165) is 22.4 Å². The lowest BCUT2D eigenvalue weighted by atomic mass is 10.2. The number of amides is 1. The number of furan rings is 1. The first-order valence-corrected chi connectivity index (χ1v) is 8.87. The van der Waals surface area contributed by atoms with Crippen LogP contribution in [0.25, 0.3) is 5.69 Å². The van der Waals surface area contributed by atoms with Crippen molar-refractivity contribution in [2.24, 2.45) is 0 Å². The highest BCUT2D eigenvalue weighted by molar-refractivity contribution is 7.98. The number of benzene rings is 1. The van der Waals surface area contributed by atoms with E-state index < -0.39 is 0 Å². The van der Waals surface area contributed by atoms with E-state index >= 15 is 0 Å². The fraction of sp³-hybridized carbons (Fsp3) is 0.222. The van der Waals surface area contributed by atoms with Crippen molar-refractivity contribution in [3.05, 3.63) is 65.9 Å². The lowest BCUT2D eigenvalue weighted by Crippen LogP contribution is -2.28. The van der Waals surface area contributed by atoms with Crippen LogP contribution in [0.1, 0.15) is 35.0 Å². The molecule has 3 aromatic rings. The Bertz CT molecular complexity index is 839. The molecule has 2 heterocycles. The van der Waals surface area contributed by atoms with Gasteiger partial charge in [-0.25, -0.2) is 4.98 Å². The van der Waals surface area contributed by atoms with E-state index in [1.165, 1.54) is 11.8 Å². The van der Waals surface area contributed by atoms with Crippen LogP contribution in [0, 0.1) is 6.92 Å². The average molecular weight is 341 g/mol. The van der Waals surface area contributed by atoms with Crippen molar-refractivity contribution in [2.75, 3.05) is 6.26 Å². The molecule has 0 bridgehead atoms. The van der Waals surface area contributed by atoms with Crippen molar-refractivity contribution in [3.63, 3.8) is 0 Å². The van der Waals surface area contributed by atoms with Crippen LogP contribution < -0.4 is 5.32 Å². The number of thioether (sulfide) groups is 1. The molecule has 0 aliphatic carbocycles. The maximum Gasteiger partial charge on any atom is 0.270 e. The van der Waals surface area contributed by atoms with E-state index in [4.69, 9.17) is 4.42 Å². The van der Waals surface area contributed by atoms with Gasteiger partial charge in [0.2, 0.25) is 0 Å². The Labute approximate surface area is 145 Å². The molecule has 1 unspecified atom stereocenters. The lowest BCUT2D eigenvalue weighted by molar-refractivity contribution is 0.0927. The first kappa shape index (κ1) is 16.4. The van der Waals surface area contributed by atoms with E-state index in [9.17, 15) is 4.79 Å². The van der Waals surface area contributed by atoms with E-state index in [2.05, 4.69) is 10.3 Å². The highest BCUT2D eigenvalue weighted by atomic mass is 32.2. The second-order valence-corrected chi connectivity index (χ2v) is 6.22. The molecule has 6 heteroatoms. The number of nitrogens with one attached hydrogen (secondary N) is 1. The van der Waals surface area contributed by atoms with Gasteiger partial charge < -0.3 is 9.73 Å². The molecule has 5 nitrogen and oxygen atoms in total. The summed E-state index contributed by atoms with van der Waals surface area (Å²) in [5.41, 5.74) is 1.41. The zero-order valence-electron chi connectivity index (χ0n) is 13.8. The number of imidazole rings is 1. The third-order valence-corrected chi connectivity index (χ3v) is 4.35. The number of hydrogen-bond acceptors (Lipinski definition) is 4. The molecule has 0 saturated heterocycles. The van der Waals surface area contributed by atoms with Crippen LogP contribution in [0.2, 0.25) is 0 Å². The summed E-state index contributed by atoms with van der Waals surface area (Å²) in [6.45, 7) is 3.78. The first-order valence-electron chi connectivity index (χ1n) is 7.64. The van der Waals surface area contributed by atoms with Gasteiger partial charge >= 0.3 is 0 Å². The topological polar surface area (TPSA) is 60.1 Å². The summed E-state index contributed by atoms with van der Waals surface area (Å²) in [6, 6.07) is 13.3. The van der Waals surface area contributed by atoms with Gasteiger partial charge in [0.15, 0.2) is 5.16 Å². The summed E-state index contributed by atoms with van der Waals surface area (Å²) < 4.78 is 7.44. The predicted octanol–water partition coefficient (Wildman–Crippen LogP) is 3.99. The highest BCUT2D eigenvalue weighted by Crippen LogP contribution is 2.22. The highest BCUT2D eigenvalue weighted by Gasteiger charge is 2.20. The molecule has 2 aromatic heterocycles. The number of nitrogens with zero attached hydrogens (tertiary/aromatic N) is 2. The first-order chi connectivity index (χ1) is 11.6. The molecule has 0 fully saturated rings. The minimum absolute atomic E-state index is 0.187. The van der Waals surface area contributed by atoms with Gasteiger partial charge in [0, 0.05) is 5.69 Å². The van der Waals surface area contributed by atoms with E-state index in [1.807, 2.05) is 67.1 Å². The summed E-state index contributed by atoms with van der Waals surface area (Å²) in [6.07, 6.45) is 3.55. The van der Waals surface area contributed by atoms with Crippen LogP contribution in [0.4, 0.5) is 0 Å². The summed E-state index contributed by atoms with van der Waals surface area (Å²) in [5.74, 6) is 1.37. The Morgan fingerprint density at radius 2 is 2.00 bits per heavy atom. The third kappa shape index (κ3) is 3.23. The smallest absolute Gasteiger partial charge is 0.270 e. The minimum Gasteiger partial charge on any atom is -0.464 e. The molecular formula is C18H19N3O2S. The molecule has 1 amide bonds. The minimum atomic E-state index is -0.219. The summed E-state index contributed by atoms with van der Waals surface area (Å²) in [4.78, 5) is 17.1. The van der Waals surface area contributed by atoms with Crippen LogP contribution in [0.5, 0.6) is 0 Å². The number of carbonyl (C=O) groups is 1. The van der Waals surface area contributed by atoms with Gasteiger partial charge in [-0.1, -0.05) is 30.0 Å². The van der Waals surface area contributed by atoms with Crippen LogP contribution >= 0.6 is 11.8 Å². The number of hydrogen-bond donors (Lipinski definition) is 1. The molecule has 1 N–H and O–H groups in total. The quantitative estimate of drug-likeness (QED) is 0.713. The molecule has 0 radical (unpaired) electrons. The maximum atomic E-state index is 12.7.